The third-order valence-electron chi connectivity index (χ3n) is 9.36. The first-order chi connectivity index (χ1) is 15.8. The fourth-order valence-electron chi connectivity index (χ4n) is 6.84. The van der Waals surface area contributed by atoms with Crippen LogP contribution < -0.4 is 0 Å². The number of Topliss-reactive ketones (excluding diaryl/α,β-unsaturated/α-hetero) is 1. The molecule has 0 aromatic heterocycles. The van der Waals surface area contributed by atoms with Crippen LogP contribution in [0.15, 0.2) is 23.8 Å². The topological polar surface area (TPSA) is 37.3 Å². The summed E-state index contributed by atoms with van der Waals surface area (Å²) in [5, 5.41) is 11.3. The van der Waals surface area contributed by atoms with Crippen molar-refractivity contribution in [2.45, 2.75) is 128 Å². The van der Waals surface area contributed by atoms with E-state index >= 15 is 0 Å². The number of phenolic OH excluding ortho intramolecular Hbond substituents is 1. The highest BCUT2D eigenvalue weighted by Crippen LogP contribution is 2.74. The zero-order valence-electron chi connectivity index (χ0n) is 26.1. The van der Waals surface area contributed by atoms with Crippen LogP contribution in [0, 0.1) is 33.0 Å². The van der Waals surface area contributed by atoms with Crippen LogP contribution in [0.4, 0.5) is 0 Å². The molecule has 2 aliphatic rings. The molecule has 2 heteroatoms. The number of hydrogen-bond donors (Lipinski definition) is 1. The van der Waals surface area contributed by atoms with Crippen molar-refractivity contribution in [3.05, 3.63) is 40.5 Å². The van der Waals surface area contributed by atoms with Crippen LogP contribution >= 0.6 is 0 Å². The number of phenols is 1. The number of carbonyl (C=O) groups excluding carboxylic acids is 1. The van der Waals surface area contributed by atoms with Gasteiger partial charge in [0.2, 0.25) is 0 Å². The van der Waals surface area contributed by atoms with Crippen molar-refractivity contribution in [3.63, 3.8) is 0 Å². The molecule has 0 bridgehead atoms. The van der Waals surface area contributed by atoms with Crippen molar-refractivity contribution in [2.75, 3.05) is 0 Å². The first-order valence-electron chi connectivity index (χ1n) is 14.0. The lowest BCUT2D eigenvalue weighted by Crippen LogP contribution is -2.53. The van der Waals surface area contributed by atoms with E-state index in [-0.39, 0.29) is 32.5 Å². The smallest absolute Gasteiger partial charge is 0.150 e. The van der Waals surface area contributed by atoms with Gasteiger partial charge >= 0.3 is 0 Å². The first-order valence-corrected chi connectivity index (χ1v) is 14.0. The van der Waals surface area contributed by atoms with E-state index in [9.17, 15) is 9.90 Å². The number of benzene rings is 1. The van der Waals surface area contributed by atoms with Crippen molar-refractivity contribution < 1.29 is 9.90 Å². The van der Waals surface area contributed by atoms with Gasteiger partial charge in [0.05, 0.1) is 5.41 Å². The van der Waals surface area contributed by atoms with E-state index in [1.165, 1.54) is 5.57 Å². The third-order valence-corrected chi connectivity index (χ3v) is 9.36. The van der Waals surface area contributed by atoms with E-state index in [0.29, 0.717) is 23.9 Å². The molecule has 0 aliphatic heterocycles. The van der Waals surface area contributed by atoms with E-state index in [0.717, 1.165) is 23.1 Å². The second-order valence-electron chi connectivity index (χ2n) is 17.1. The average molecular weight is 495 g/mol. The first kappa shape index (κ1) is 29.0. The lowest BCUT2D eigenvalue weighted by Gasteiger charge is -2.51. The molecule has 1 fully saturated rings. The van der Waals surface area contributed by atoms with Gasteiger partial charge in [0.1, 0.15) is 5.75 Å². The highest BCUT2D eigenvalue weighted by Gasteiger charge is 2.74. The van der Waals surface area contributed by atoms with Crippen LogP contribution in [-0.4, -0.2) is 10.9 Å². The molecule has 2 aliphatic carbocycles. The van der Waals surface area contributed by atoms with Gasteiger partial charge in [-0.25, -0.2) is 0 Å². The number of aromatic hydroxyl groups is 1. The largest absolute Gasteiger partial charge is 0.507 e. The summed E-state index contributed by atoms with van der Waals surface area (Å²) in [4.78, 5) is 14.9. The molecule has 36 heavy (non-hydrogen) atoms. The predicted octanol–water partition coefficient (Wildman–Crippen LogP) is 9.17. The monoisotopic (exact) mass is 494 g/mol. The summed E-state index contributed by atoms with van der Waals surface area (Å²) in [5.41, 5.74) is 2.86. The minimum atomic E-state index is -0.614. The van der Waals surface area contributed by atoms with Gasteiger partial charge < -0.3 is 5.11 Å². The van der Waals surface area contributed by atoms with Gasteiger partial charge in [0.15, 0.2) is 5.78 Å². The zero-order valence-corrected chi connectivity index (χ0v) is 26.1. The summed E-state index contributed by atoms with van der Waals surface area (Å²) in [5.74, 6) is 1.17. The van der Waals surface area contributed by atoms with E-state index in [2.05, 4.69) is 122 Å². The number of fused-ring (bicyclic) bond motifs is 1. The average Bonchev–Trinajstić information content (AvgIpc) is 3.38. The van der Waals surface area contributed by atoms with Crippen molar-refractivity contribution in [1.82, 2.24) is 0 Å². The molecular weight excluding hydrogens is 440 g/mol. The lowest BCUT2D eigenvalue weighted by atomic mass is 9.51. The van der Waals surface area contributed by atoms with Crippen LogP contribution in [0.25, 0.3) is 0 Å². The standard InChI is InChI=1S/C34H54O2/c1-28(2,3)22-16-21(17-23(26(22)35)29(4,5)6)18-33(31(10,11)12)19-24(30(7,8)9)25-20-34(25,27(33)36)32(13,14)15/h16-17,19,25,35H,18,20H2,1-15H3. The molecule has 0 saturated heterocycles. The molecule has 1 saturated carbocycles. The van der Waals surface area contributed by atoms with Gasteiger partial charge in [-0.15, -0.1) is 0 Å². The maximum Gasteiger partial charge on any atom is 0.150 e. The Kier molecular flexibility index (Phi) is 6.42. The summed E-state index contributed by atoms with van der Waals surface area (Å²) in [6.45, 7) is 33.4. The van der Waals surface area contributed by atoms with Crippen LogP contribution in [0.5, 0.6) is 5.75 Å². The molecule has 1 aromatic carbocycles. The van der Waals surface area contributed by atoms with Gasteiger partial charge in [-0.05, 0) is 62.5 Å². The van der Waals surface area contributed by atoms with E-state index in [1.54, 1.807) is 0 Å². The number of ketones is 1. The third kappa shape index (κ3) is 4.39. The minimum Gasteiger partial charge on any atom is -0.507 e. The van der Waals surface area contributed by atoms with Crippen molar-refractivity contribution in [3.8, 4) is 5.75 Å². The molecule has 202 valence electrons. The Morgan fingerprint density at radius 3 is 1.53 bits per heavy atom. The van der Waals surface area contributed by atoms with Crippen molar-refractivity contribution in [1.29, 1.82) is 0 Å². The van der Waals surface area contributed by atoms with Gasteiger partial charge in [0, 0.05) is 5.41 Å². The molecule has 0 amide bonds. The quantitative estimate of drug-likeness (QED) is 0.416. The highest BCUT2D eigenvalue weighted by atomic mass is 16.3. The number of allylic oxidation sites excluding steroid dienone is 2. The predicted molar refractivity (Wildman–Crippen MR) is 154 cm³/mol. The van der Waals surface area contributed by atoms with Crippen LogP contribution in [-0.2, 0) is 22.0 Å². The van der Waals surface area contributed by atoms with Crippen LogP contribution in [0.1, 0.15) is 127 Å². The molecule has 1 aromatic rings. The van der Waals surface area contributed by atoms with E-state index in [1.807, 2.05) is 0 Å². The van der Waals surface area contributed by atoms with Crippen molar-refractivity contribution >= 4 is 5.78 Å². The van der Waals surface area contributed by atoms with E-state index in [4.69, 9.17) is 0 Å². The van der Waals surface area contributed by atoms with Gasteiger partial charge in [-0.1, -0.05) is 128 Å². The molecule has 1 N–H and O–H groups in total. The SMILES string of the molecule is CC(C)(C)C1=CC(Cc2cc(C(C)(C)C)c(O)c(C(C)(C)C)c2)(C(C)(C)C)C(=O)C2(C(C)(C)C)CC12. The van der Waals surface area contributed by atoms with E-state index < -0.39 is 5.41 Å². The molecule has 2 nitrogen and oxygen atoms in total. The lowest BCUT2D eigenvalue weighted by molar-refractivity contribution is -0.143. The fraction of sp³-hybridized carbons (Fsp3) is 0.735. The number of hydrogen-bond acceptors (Lipinski definition) is 2. The summed E-state index contributed by atoms with van der Waals surface area (Å²) in [6, 6.07) is 4.36. The van der Waals surface area contributed by atoms with Crippen LogP contribution in [0.3, 0.4) is 0 Å². The summed E-state index contributed by atoms with van der Waals surface area (Å²) in [6.07, 6.45) is 4.04. The number of carbonyl (C=O) groups is 1. The van der Waals surface area contributed by atoms with Gasteiger partial charge in [-0.3, -0.25) is 4.79 Å². The van der Waals surface area contributed by atoms with Crippen molar-refractivity contribution in [2.24, 2.45) is 33.0 Å². The molecule has 0 spiro atoms. The minimum absolute atomic E-state index is 0.0109. The van der Waals surface area contributed by atoms with Gasteiger partial charge in [-0.2, -0.15) is 0 Å². The highest BCUT2D eigenvalue weighted by molar-refractivity contribution is 5.98. The fourth-order valence-corrected chi connectivity index (χ4v) is 6.84. The zero-order chi connectivity index (χ0) is 28.1. The summed E-state index contributed by atoms with van der Waals surface area (Å²) < 4.78 is 0. The Morgan fingerprint density at radius 2 is 1.19 bits per heavy atom. The molecule has 3 atom stereocenters. The summed E-state index contributed by atoms with van der Waals surface area (Å²) in [7, 11) is 0. The normalized spacial score (nSPS) is 27.6. The second-order valence-corrected chi connectivity index (χ2v) is 17.1. The molecule has 3 unspecified atom stereocenters. The van der Waals surface area contributed by atoms with Gasteiger partial charge in [0.25, 0.3) is 0 Å². The Labute approximate surface area is 222 Å². The maximum absolute atomic E-state index is 14.9. The maximum atomic E-state index is 14.9. The Morgan fingerprint density at radius 1 is 0.750 bits per heavy atom. The Bertz CT molecular complexity index is 1050. The summed E-state index contributed by atoms with van der Waals surface area (Å²) >= 11 is 0. The van der Waals surface area contributed by atoms with Crippen LogP contribution in [0.2, 0.25) is 0 Å². The molecule has 0 radical (unpaired) electrons. The molecule has 0 heterocycles. The molecular formula is C34H54O2. The Hall–Kier alpha value is -1.57. The number of rotatable bonds is 2. The second kappa shape index (κ2) is 7.97. The molecule has 3 rings (SSSR count). The Balaban J connectivity index is 2.36.